The predicted molar refractivity (Wildman–Crippen MR) is 74.2 cm³/mol. The molecule has 0 fully saturated rings. The van der Waals surface area contributed by atoms with E-state index >= 15 is 0 Å². The number of amides is 1. The quantitative estimate of drug-likeness (QED) is 0.846. The van der Waals surface area contributed by atoms with Crippen LogP contribution < -0.4 is 5.32 Å². The molecule has 5 heteroatoms. The molecular formula is C12H16BrClN2O. The molecule has 0 aliphatic rings. The molecule has 0 bridgehead atoms. The number of rotatable bonds is 5. The van der Waals surface area contributed by atoms with Crippen LogP contribution in [0.2, 0.25) is 5.02 Å². The lowest BCUT2D eigenvalue weighted by molar-refractivity contribution is -0.128. The largest absolute Gasteiger partial charge is 0.349 e. The van der Waals surface area contributed by atoms with Crippen molar-refractivity contribution in [3.05, 3.63) is 33.3 Å². The second-order valence-corrected chi connectivity index (χ2v) is 5.24. The molecule has 0 aliphatic heterocycles. The fraction of sp³-hybridized carbons (Fsp3) is 0.417. The molecule has 17 heavy (non-hydrogen) atoms. The van der Waals surface area contributed by atoms with E-state index in [1.165, 1.54) is 0 Å². The van der Waals surface area contributed by atoms with Gasteiger partial charge in [-0.1, -0.05) is 27.5 Å². The van der Waals surface area contributed by atoms with Crippen molar-refractivity contribution in [2.45, 2.75) is 13.0 Å². The Balaban J connectivity index is 2.36. The molecule has 0 atom stereocenters. The first kappa shape index (κ1) is 14.5. The van der Waals surface area contributed by atoms with Crippen molar-refractivity contribution < 1.29 is 4.79 Å². The molecule has 0 heterocycles. The molecule has 0 unspecified atom stereocenters. The third-order valence-corrected chi connectivity index (χ3v) is 3.35. The average molecular weight is 320 g/mol. The lowest BCUT2D eigenvalue weighted by Crippen LogP contribution is -2.26. The summed E-state index contributed by atoms with van der Waals surface area (Å²) < 4.78 is 1.02. The molecular weight excluding hydrogens is 304 g/mol. The van der Waals surface area contributed by atoms with Gasteiger partial charge in [0.2, 0.25) is 5.91 Å². The SMILES string of the molecule is CN(C)C(=O)CCNCc1cc(Cl)ccc1Br. The van der Waals surface area contributed by atoms with Crippen molar-refractivity contribution >= 4 is 33.4 Å². The van der Waals surface area contributed by atoms with Crippen molar-refractivity contribution in [2.24, 2.45) is 0 Å². The standard InChI is InChI=1S/C12H16BrClN2O/c1-16(2)12(17)5-6-15-8-9-7-10(14)3-4-11(9)13/h3-4,7,15H,5-6,8H2,1-2H3. The zero-order chi connectivity index (χ0) is 12.8. The molecule has 1 rings (SSSR count). The smallest absolute Gasteiger partial charge is 0.223 e. The number of benzene rings is 1. The molecule has 1 aromatic rings. The van der Waals surface area contributed by atoms with Crippen molar-refractivity contribution in [2.75, 3.05) is 20.6 Å². The molecule has 0 aliphatic carbocycles. The number of carbonyl (C=O) groups excluding carboxylic acids is 1. The number of hydrogen-bond acceptors (Lipinski definition) is 2. The Kier molecular flexibility index (Phi) is 5.95. The van der Waals surface area contributed by atoms with Gasteiger partial charge >= 0.3 is 0 Å². The predicted octanol–water partition coefficient (Wildman–Crippen LogP) is 2.67. The first-order chi connectivity index (χ1) is 8.00. The number of nitrogens with one attached hydrogen (secondary N) is 1. The van der Waals surface area contributed by atoms with Crippen LogP contribution >= 0.6 is 27.5 Å². The van der Waals surface area contributed by atoms with Gasteiger partial charge in [0.05, 0.1) is 0 Å². The fourth-order valence-corrected chi connectivity index (χ4v) is 1.90. The Morgan fingerprint density at radius 2 is 2.18 bits per heavy atom. The van der Waals surface area contributed by atoms with Gasteiger partial charge in [0.25, 0.3) is 0 Å². The van der Waals surface area contributed by atoms with Gasteiger partial charge in [0, 0.05) is 43.1 Å². The Labute approximate surface area is 115 Å². The monoisotopic (exact) mass is 318 g/mol. The molecule has 0 spiro atoms. The molecule has 1 aromatic carbocycles. The summed E-state index contributed by atoms with van der Waals surface area (Å²) in [5.41, 5.74) is 1.09. The van der Waals surface area contributed by atoms with E-state index in [4.69, 9.17) is 11.6 Å². The van der Waals surface area contributed by atoms with Gasteiger partial charge in [-0.2, -0.15) is 0 Å². The van der Waals surface area contributed by atoms with E-state index in [2.05, 4.69) is 21.2 Å². The zero-order valence-electron chi connectivity index (χ0n) is 9.96. The highest BCUT2D eigenvalue weighted by Crippen LogP contribution is 2.20. The molecule has 0 saturated carbocycles. The Bertz CT molecular complexity index is 396. The molecule has 1 amide bonds. The van der Waals surface area contributed by atoms with E-state index in [1.807, 2.05) is 18.2 Å². The summed E-state index contributed by atoms with van der Waals surface area (Å²) in [5, 5.41) is 3.94. The second kappa shape index (κ2) is 6.99. The lowest BCUT2D eigenvalue weighted by Gasteiger charge is -2.11. The normalized spacial score (nSPS) is 10.4. The Morgan fingerprint density at radius 1 is 1.47 bits per heavy atom. The Morgan fingerprint density at radius 3 is 2.82 bits per heavy atom. The van der Waals surface area contributed by atoms with Crippen LogP contribution in [0.3, 0.4) is 0 Å². The van der Waals surface area contributed by atoms with Gasteiger partial charge in [0.15, 0.2) is 0 Å². The van der Waals surface area contributed by atoms with E-state index in [-0.39, 0.29) is 5.91 Å². The number of nitrogens with zero attached hydrogens (tertiary/aromatic N) is 1. The van der Waals surface area contributed by atoms with Gasteiger partial charge in [-0.05, 0) is 23.8 Å². The van der Waals surface area contributed by atoms with Crippen molar-refractivity contribution in [1.82, 2.24) is 10.2 Å². The first-order valence-electron chi connectivity index (χ1n) is 5.35. The molecule has 1 N–H and O–H groups in total. The van der Waals surface area contributed by atoms with Crippen LogP contribution in [-0.4, -0.2) is 31.4 Å². The van der Waals surface area contributed by atoms with E-state index in [9.17, 15) is 4.79 Å². The molecule has 0 aromatic heterocycles. The van der Waals surface area contributed by atoms with Crippen LogP contribution in [0.5, 0.6) is 0 Å². The van der Waals surface area contributed by atoms with E-state index < -0.39 is 0 Å². The summed E-state index contributed by atoms with van der Waals surface area (Å²) in [4.78, 5) is 12.9. The highest BCUT2D eigenvalue weighted by Gasteiger charge is 2.04. The number of hydrogen-bond donors (Lipinski definition) is 1. The van der Waals surface area contributed by atoms with Crippen LogP contribution in [0.1, 0.15) is 12.0 Å². The van der Waals surface area contributed by atoms with Gasteiger partial charge in [-0.3, -0.25) is 4.79 Å². The second-order valence-electron chi connectivity index (χ2n) is 3.95. The van der Waals surface area contributed by atoms with Gasteiger partial charge in [0.1, 0.15) is 0 Å². The summed E-state index contributed by atoms with van der Waals surface area (Å²) in [5.74, 6) is 0.127. The molecule has 0 radical (unpaired) electrons. The fourth-order valence-electron chi connectivity index (χ4n) is 1.32. The van der Waals surface area contributed by atoms with Crippen LogP contribution in [0.25, 0.3) is 0 Å². The third kappa shape index (κ3) is 5.06. The molecule has 3 nitrogen and oxygen atoms in total. The minimum Gasteiger partial charge on any atom is -0.349 e. The van der Waals surface area contributed by atoms with E-state index in [0.717, 1.165) is 15.1 Å². The Hall–Kier alpha value is -0.580. The van der Waals surface area contributed by atoms with Gasteiger partial charge < -0.3 is 10.2 Å². The third-order valence-electron chi connectivity index (χ3n) is 2.34. The molecule has 0 saturated heterocycles. The topological polar surface area (TPSA) is 32.3 Å². The van der Waals surface area contributed by atoms with Crippen molar-refractivity contribution in [3.8, 4) is 0 Å². The minimum absolute atomic E-state index is 0.127. The lowest BCUT2D eigenvalue weighted by atomic mass is 10.2. The van der Waals surface area contributed by atoms with Crippen LogP contribution in [0, 0.1) is 0 Å². The summed E-state index contributed by atoms with van der Waals surface area (Å²) in [6.07, 6.45) is 0.505. The van der Waals surface area contributed by atoms with Crippen LogP contribution in [0.15, 0.2) is 22.7 Å². The van der Waals surface area contributed by atoms with E-state index in [1.54, 1.807) is 19.0 Å². The maximum absolute atomic E-state index is 11.3. The van der Waals surface area contributed by atoms with Crippen molar-refractivity contribution in [1.29, 1.82) is 0 Å². The van der Waals surface area contributed by atoms with Gasteiger partial charge in [-0.25, -0.2) is 0 Å². The minimum atomic E-state index is 0.127. The van der Waals surface area contributed by atoms with Crippen LogP contribution in [0.4, 0.5) is 0 Å². The summed E-state index contributed by atoms with van der Waals surface area (Å²) in [6, 6.07) is 5.67. The number of carbonyl (C=O) groups is 1. The first-order valence-corrected chi connectivity index (χ1v) is 6.52. The van der Waals surface area contributed by atoms with E-state index in [0.29, 0.717) is 19.5 Å². The highest BCUT2D eigenvalue weighted by atomic mass is 79.9. The summed E-state index contributed by atoms with van der Waals surface area (Å²) in [7, 11) is 3.52. The maximum atomic E-state index is 11.3. The number of halogens is 2. The van der Waals surface area contributed by atoms with Crippen molar-refractivity contribution in [3.63, 3.8) is 0 Å². The summed E-state index contributed by atoms with van der Waals surface area (Å²) >= 11 is 9.37. The molecule has 94 valence electrons. The summed E-state index contributed by atoms with van der Waals surface area (Å²) in [6.45, 7) is 1.36. The highest BCUT2D eigenvalue weighted by molar-refractivity contribution is 9.10. The van der Waals surface area contributed by atoms with Gasteiger partial charge in [-0.15, -0.1) is 0 Å². The van der Waals surface area contributed by atoms with Crippen LogP contribution in [-0.2, 0) is 11.3 Å². The zero-order valence-corrected chi connectivity index (χ0v) is 12.3. The maximum Gasteiger partial charge on any atom is 0.223 e. The average Bonchev–Trinajstić information content (AvgIpc) is 2.28.